The highest BCUT2D eigenvalue weighted by Gasteiger charge is 2.32. The molecule has 0 bridgehead atoms. The first-order valence-corrected chi connectivity index (χ1v) is 12.0. The van der Waals surface area contributed by atoms with Crippen molar-refractivity contribution >= 4 is 5.91 Å². The van der Waals surface area contributed by atoms with Crippen molar-refractivity contribution in [2.75, 3.05) is 46.9 Å². The topological polar surface area (TPSA) is 36.0 Å². The summed E-state index contributed by atoms with van der Waals surface area (Å²) in [5.41, 5.74) is 1.32. The molecule has 166 valence electrons. The highest BCUT2D eigenvalue weighted by atomic mass is 16.5. The van der Waals surface area contributed by atoms with Crippen LogP contribution in [-0.4, -0.2) is 73.5 Å². The molecule has 0 N–H and O–H groups in total. The Morgan fingerprint density at radius 2 is 1.90 bits per heavy atom. The van der Waals surface area contributed by atoms with Gasteiger partial charge in [-0.15, -0.1) is 0 Å². The summed E-state index contributed by atoms with van der Waals surface area (Å²) in [6.07, 6.45) is 8.17. The first-order valence-electron chi connectivity index (χ1n) is 12.0. The van der Waals surface area contributed by atoms with E-state index < -0.39 is 0 Å². The summed E-state index contributed by atoms with van der Waals surface area (Å²) in [6, 6.07) is 9.26. The van der Waals surface area contributed by atoms with Gasteiger partial charge in [0.1, 0.15) is 5.75 Å². The number of nitrogens with zero attached hydrogens (tertiary/aromatic N) is 3. The summed E-state index contributed by atoms with van der Waals surface area (Å²) in [7, 11) is 4.46. The molecule has 30 heavy (non-hydrogen) atoms. The van der Waals surface area contributed by atoms with E-state index in [4.69, 9.17) is 4.74 Å². The summed E-state index contributed by atoms with van der Waals surface area (Å²) in [6.45, 7) is 5.87. The zero-order valence-corrected chi connectivity index (χ0v) is 18.9. The fraction of sp³-hybridized carbons (Fsp3) is 0.720. The zero-order valence-electron chi connectivity index (χ0n) is 18.9. The van der Waals surface area contributed by atoms with Crippen LogP contribution in [0, 0.1) is 11.8 Å². The first-order chi connectivity index (χ1) is 14.6. The molecule has 1 amide bonds. The molecule has 0 spiro atoms. The Balaban J connectivity index is 1.25. The molecule has 2 aliphatic heterocycles. The molecule has 1 aromatic carbocycles. The Labute approximate surface area is 182 Å². The Bertz CT molecular complexity index is 697. The maximum Gasteiger partial charge on any atom is 0.225 e. The van der Waals surface area contributed by atoms with E-state index in [2.05, 4.69) is 53.1 Å². The fourth-order valence-corrected chi connectivity index (χ4v) is 5.12. The molecular weight excluding hydrogens is 374 g/mol. The number of piperidine rings is 2. The highest BCUT2D eigenvalue weighted by molar-refractivity contribution is 5.79. The predicted molar refractivity (Wildman–Crippen MR) is 121 cm³/mol. The van der Waals surface area contributed by atoms with Crippen molar-refractivity contribution in [1.29, 1.82) is 0 Å². The largest absolute Gasteiger partial charge is 0.493 e. The van der Waals surface area contributed by atoms with Gasteiger partial charge in [0.2, 0.25) is 5.91 Å². The molecule has 5 heteroatoms. The lowest BCUT2D eigenvalue weighted by Gasteiger charge is -2.37. The quantitative estimate of drug-likeness (QED) is 0.684. The minimum Gasteiger partial charge on any atom is -0.493 e. The van der Waals surface area contributed by atoms with Gasteiger partial charge in [0.05, 0.1) is 6.61 Å². The van der Waals surface area contributed by atoms with Crippen molar-refractivity contribution in [2.24, 2.45) is 11.8 Å². The lowest BCUT2D eigenvalue weighted by atomic mass is 9.83. The van der Waals surface area contributed by atoms with Crippen LogP contribution in [0.15, 0.2) is 24.3 Å². The van der Waals surface area contributed by atoms with E-state index in [0.29, 0.717) is 30.4 Å². The SMILES string of the molecule is CN1CCC(N(C)Cc2cccc(OC[C@@H]3CCCN(C(=O)C4CCC4)C3)c2)CC1. The smallest absolute Gasteiger partial charge is 0.225 e. The molecule has 0 radical (unpaired) electrons. The summed E-state index contributed by atoms with van der Waals surface area (Å²) >= 11 is 0. The van der Waals surface area contributed by atoms with Crippen LogP contribution in [0.3, 0.4) is 0 Å². The minimum absolute atomic E-state index is 0.308. The van der Waals surface area contributed by atoms with Crippen LogP contribution in [0.1, 0.15) is 50.5 Å². The number of carbonyl (C=O) groups is 1. The monoisotopic (exact) mass is 413 g/mol. The number of ether oxygens (including phenoxy) is 1. The molecule has 2 saturated heterocycles. The Morgan fingerprint density at radius 1 is 1.10 bits per heavy atom. The van der Waals surface area contributed by atoms with Crippen LogP contribution in [0.5, 0.6) is 5.75 Å². The standard InChI is InChI=1S/C25H39N3O2/c1-26-14-11-23(12-15-26)27(2)17-20-6-3-10-24(16-20)30-19-21-7-5-13-28(18-21)25(29)22-8-4-9-22/h3,6,10,16,21-23H,4-5,7-9,11-15,17-19H2,1-2H3/t21-/m1/s1. The van der Waals surface area contributed by atoms with Crippen LogP contribution in [0.25, 0.3) is 0 Å². The molecule has 3 aliphatic rings. The molecule has 1 atom stereocenters. The maximum absolute atomic E-state index is 12.6. The van der Waals surface area contributed by atoms with E-state index in [1.165, 1.54) is 37.9 Å². The Kier molecular flexibility index (Phi) is 7.32. The van der Waals surface area contributed by atoms with Crippen molar-refractivity contribution in [1.82, 2.24) is 14.7 Å². The van der Waals surface area contributed by atoms with Crippen LogP contribution < -0.4 is 4.74 Å². The highest BCUT2D eigenvalue weighted by Crippen LogP contribution is 2.30. The summed E-state index contributed by atoms with van der Waals surface area (Å²) in [4.78, 5) is 19.6. The number of hydrogen-bond acceptors (Lipinski definition) is 4. The molecule has 2 heterocycles. The number of likely N-dealkylation sites (tertiary alicyclic amines) is 2. The lowest BCUT2D eigenvalue weighted by Crippen LogP contribution is -2.45. The third kappa shape index (κ3) is 5.55. The van der Waals surface area contributed by atoms with Crippen LogP contribution >= 0.6 is 0 Å². The van der Waals surface area contributed by atoms with E-state index in [1.807, 2.05) is 0 Å². The lowest BCUT2D eigenvalue weighted by molar-refractivity contribution is -0.140. The molecule has 1 saturated carbocycles. The van der Waals surface area contributed by atoms with Gasteiger partial charge >= 0.3 is 0 Å². The van der Waals surface area contributed by atoms with E-state index in [0.717, 1.165) is 51.1 Å². The third-order valence-electron chi connectivity index (χ3n) is 7.41. The van der Waals surface area contributed by atoms with Crippen molar-refractivity contribution in [2.45, 2.75) is 57.5 Å². The molecule has 3 fully saturated rings. The van der Waals surface area contributed by atoms with Gasteiger partial charge in [-0.2, -0.15) is 0 Å². The van der Waals surface area contributed by atoms with Gasteiger partial charge in [0.15, 0.2) is 0 Å². The molecule has 0 unspecified atom stereocenters. The minimum atomic E-state index is 0.308. The second kappa shape index (κ2) is 10.1. The van der Waals surface area contributed by atoms with Gasteiger partial charge < -0.3 is 14.5 Å². The van der Waals surface area contributed by atoms with Crippen molar-refractivity contribution < 1.29 is 9.53 Å². The number of carbonyl (C=O) groups excluding carboxylic acids is 1. The van der Waals surface area contributed by atoms with E-state index in [1.54, 1.807) is 0 Å². The number of hydrogen-bond donors (Lipinski definition) is 0. The second-order valence-corrected chi connectivity index (χ2v) is 9.83. The van der Waals surface area contributed by atoms with Gasteiger partial charge in [-0.05, 0) is 83.4 Å². The molecule has 1 aromatic rings. The normalized spacial score (nSPS) is 24.1. The Hall–Kier alpha value is -1.59. The third-order valence-corrected chi connectivity index (χ3v) is 7.41. The molecular formula is C25H39N3O2. The summed E-state index contributed by atoms with van der Waals surface area (Å²) in [5, 5.41) is 0. The second-order valence-electron chi connectivity index (χ2n) is 9.83. The van der Waals surface area contributed by atoms with Crippen molar-refractivity contribution in [3.63, 3.8) is 0 Å². The zero-order chi connectivity index (χ0) is 20.9. The molecule has 1 aliphatic carbocycles. The molecule has 0 aromatic heterocycles. The molecule has 5 nitrogen and oxygen atoms in total. The number of amides is 1. The number of benzene rings is 1. The maximum atomic E-state index is 12.6. The average molecular weight is 414 g/mol. The van der Waals surface area contributed by atoms with Gasteiger partial charge in [-0.3, -0.25) is 9.69 Å². The van der Waals surface area contributed by atoms with Gasteiger partial charge in [0.25, 0.3) is 0 Å². The van der Waals surface area contributed by atoms with Gasteiger partial charge in [-0.1, -0.05) is 18.6 Å². The summed E-state index contributed by atoms with van der Waals surface area (Å²) < 4.78 is 6.19. The number of rotatable bonds is 7. The fourth-order valence-electron chi connectivity index (χ4n) is 5.12. The first kappa shape index (κ1) is 21.6. The van der Waals surface area contributed by atoms with E-state index in [9.17, 15) is 4.79 Å². The van der Waals surface area contributed by atoms with Gasteiger partial charge in [-0.25, -0.2) is 0 Å². The average Bonchev–Trinajstić information content (AvgIpc) is 2.72. The van der Waals surface area contributed by atoms with Crippen LogP contribution in [0.4, 0.5) is 0 Å². The van der Waals surface area contributed by atoms with E-state index in [-0.39, 0.29) is 0 Å². The molecule has 4 rings (SSSR count). The van der Waals surface area contributed by atoms with Crippen LogP contribution in [-0.2, 0) is 11.3 Å². The van der Waals surface area contributed by atoms with Crippen LogP contribution in [0.2, 0.25) is 0 Å². The van der Waals surface area contributed by atoms with Gasteiger partial charge in [0, 0.05) is 37.5 Å². The summed E-state index contributed by atoms with van der Waals surface area (Å²) in [5.74, 6) is 2.12. The Morgan fingerprint density at radius 3 is 2.63 bits per heavy atom. The van der Waals surface area contributed by atoms with Crippen molar-refractivity contribution in [3.8, 4) is 5.75 Å². The van der Waals surface area contributed by atoms with Crippen molar-refractivity contribution in [3.05, 3.63) is 29.8 Å². The predicted octanol–water partition coefficient (Wildman–Crippen LogP) is 3.63. The van der Waals surface area contributed by atoms with E-state index >= 15 is 0 Å².